The van der Waals surface area contributed by atoms with E-state index in [0.717, 1.165) is 54.1 Å². The molecule has 0 spiro atoms. The van der Waals surface area contributed by atoms with Gasteiger partial charge in [0.15, 0.2) is 22.6 Å². The van der Waals surface area contributed by atoms with Crippen molar-refractivity contribution in [2.75, 3.05) is 5.32 Å². The molecule has 6 heterocycles. The van der Waals surface area contributed by atoms with Gasteiger partial charge in [-0.25, -0.2) is 34.7 Å². The van der Waals surface area contributed by atoms with Crippen molar-refractivity contribution in [3.8, 4) is 6.07 Å². The molecule has 0 unspecified atom stereocenters. The molecule has 2 saturated carbocycles. The van der Waals surface area contributed by atoms with Crippen LogP contribution in [0.1, 0.15) is 79.7 Å². The summed E-state index contributed by atoms with van der Waals surface area (Å²) in [6.07, 6.45) is 9.78. The van der Waals surface area contributed by atoms with Gasteiger partial charge in [-0.15, -0.1) is 20.4 Å². The predicted octanol–water partition coefficient (Wildman–Crippen LogP) is 6.96. The molecule has 17 nitrogen and oxygen atoms in total. The molecule has 3 N–H and O–H groups in total. The second-order valence-electron chi connectivity index (χ2n) is 17.7. The van der Waals surface area contributed by atoms with E-state index in [1.165, 1.54) is 7.94 Å². The van der Waals surface area contributed by atoms with Gasteiger partial charge in [-0.1, -0.05) is 55.3 Å². The van der Waals surface area contributed by atoms with Crippen LogP contribution in [-0.4, -0.2) is 76.0 Å². The Hall–Kier alpha value is -7.01. The molecule has 9 aromatic rings. The molecule has 6 aromatic heterocycles. The lowest BCUT2D eigenvalue weighted by Crippen LogP contribution is -2.16. The Morgan fingerprint density at radius 2 is 1.15 bits per heavy atom. The highest BCUT2D eigenvalue weighted by Gasteiger charge is 2.37. The van der Waals surface area contributed by atoms with Crippen molar-refractivity contribution in [1.29, 1.82) is 5.26 Å². The summed E-state index contributed by atoms with van der Waals surface area (Å²) in [6.45, 7) is 8.21. The maximum Gasteiger partial charge on any atom is 0.269 e. The normalized spacial score (nSPS) is 21.1. The molecule has 3 aromatic carbocycles. The van der Waals surface area contributed by atoms with Gasteiger partial charge >= 0.3 is 0 Å². The zero-order chi connectivity index (χ0) is 46.1. The number of anilines is 1. The van der Waals surface area contributed by atoms with Crippen molar-refractivity contribution < 1.29 is 16.8 Å². The Morgan fingerprint density at radius 3 is 1.64 bits per heavy atom. The van der Waals surface area contributed by atoms with Crippen molar-refractivity contribution in [3.63, 3.8) is 0 Å². The lowest BCUT2D eigenvalue weighted by molar-refractivity contribution is 0.507. The lowest BCUT2D eigenvalue weighted by Gasteiger charge is -2.15. The standard InChI is InChI=1S/C27H25N7O2S.C20H22N6O2S/c1-17-6-8-22(9-7-17)37(35,36)33-11-10-24-27(33)29-16-25-31-32-26(34(24)25)23-14-21(12-18(23)2)30-20-5-3-4-19(13-20)15-28;1-12-3-5-15(6-4-12)29(27,28)25-8-7-17-20(25)22-11-18-23-24-19(26(17)18)16-10-14(21)9-13(16)2/h3-11,13,16,18,21,23,30H,12,14H2,1-2H3;3-8,11,13-14,16H,9-10,21H2,1-2H3/t18-,21+,23+;13-,14+,16+/m11/s1. The monoisotopic (exact) mass is 921 g/mol. The summed E-state index contributed by atoms with van der Waals surface area (Å²) >= 11 is 0. The fourth-order valence-corrected chi connectivity index (χ4v) is 12.3. The summed E-state index contributed by atoms with van der Waals surface area (Å²) in [7, 11) is -7.58. The molecule has 66 heavy (non-hydrogen) atoms. The van der Waals surface area contributed by atoms with Crippen molar-refractivity contribution in [2.24, 2.45) is 17.6 Å². The molecular formula is C47H47N13O4S2. The second-order valence-corrected chi connectivity index (χ2v) is 21.3. The fourth-order valence-electron chi connectivity index (χ4n) is 9.72. The summed E-state index contributed by atoms with van der Waals surface area (Å²) in [6, 6.07) is 27.1. The molecule has 2 aliphatic carbocycles. The molecule has 6 atom stereocenters. The SMILES string of the molecule is Cc1ccc(S(=O)(=O)n2ccc3c2ncc2nnc([C@H]4C[C@@H](N)C[C@H]4C)n23)cc1.Cc1ccc(S(=O)(=O)n2ccc3c2ncc2nnc([C@H]4C[C@@H](Nc5cccc(C#N)c5)C[C@H]4C)n23)cc1. The van der Waals surface area contributed by atoms with Gasteiger partial charge < -0.3 is 11.1 Å². The average Bonchev–Trinajstić information content (AvgIpc) is 4.17. The minimum Gasteiger partial charge on any atom is -0.382 e. The third-order valence-corrected chi connectivity index (χ3v) is 16.5. The van der Waals surface area contributed by atoms with Gasteiger partial charge in [-0.05, 0) is 106 Å². The van der Waals surface area contributed by atoms with Crippen LogP contribution in [0.3, 0.4) is 0 Å². The Morgan fingerprint density at radius 1 is 0.652 bits per heavy atom. The van der Waals surface area contributed by atoms with Crippen LogP contribution >= 0.6 is 0 Å². The summed E-state index contributed by atoms with van der Waals surface area (Å²) in [5.41, 5.74) is 12.9. The molecule has 0 aliphatic heterocycles. The second kappa shape index (κ2) is 16.5. The molecule has 336 valence electrons. The molecule has 0 radical (unpaired) electrons. The van der Waals surface area contributed by atoms with E-state index in [2.05, 4.69) is 55.6 Å². The van der Waals surface area contributed by atoms with E-state index in [-0.39, 0.29) is 33.7 Å². The van der Waals surface area contributed by atoms with Crippen LogP contribution in [0, 0.1) is 37.0 Å². The van der Waals surface area contributed by atoms with Crippen LogP contribution in [0.4, 0.5) is 5.69 Å². The zero-order valence-electron chi connectivity index (χ0n) is 36.6. The van der Waals surface area contributed by atoms with Crippen molar-refractivity contribution >= 4 is 59.4 Å². The smallest absolute Gasteiger partial charge is 0.269 e. The topological polar surface area (TPSA) is 226 Å². The summed E-state index contributed by atoms with van der Waals surface area (Å²) < 4.78 is 59.5. The first-order chi connectivity index (χ1) is 31.7. The lowest BCUT2D eigenvalue weighted by atomic mass is 9.97. The van der Waals surface area contributed by atoms with Crippen LogP contribution in [0.15, 0.2) is 120 Å². The number of aromatic nitrogens is 10. The van der Waals surface area contributed by atoms with Crippen LogP contribution in [0.2, 0.25) is 0 Å². The maximum atomic E-state index is 13.4. The van der Waals surface area contributed by atoms with Gasteiger partial charge in [0.05, 0.1) is 44.9 Å². The third-order valence-electron chi connectivity index (χ3n) is 13.1. The number of nitrogens with zero attached hydrogens (tertiary/aromatic N) is 11. The van der Waals surface area contributed by atoms with Gasteiger partial charge in [-0.3, -0.25) is 8.80 Å². The number of fused-ring (bicyclic) bond motifs is 6. The third kappa shape index (κ3) is 7.44. The molecule has 0 saturated heterocycles. The van der Waals surface area contributed by atoms with Crippen LogP contribution in [0.25, 0.3) is 33.6 Å². The highest BCUT2D eigenvalue weighted by atomic mass is 32.2. The Labute approximate surface area is 381 Å². The number of aryl methyl sites for hydroxylation is 2. The van der Waals surface area contributed by atoms with Crippen molar-refractivity contribution in [1.82, 2.24) is 47.1 Å². The van der Waals surface area contributed by atoms with Crippen LogP contribution in [0.5, 0.6) is 0 Å². The largest absolute Gasteiger partial charge is 0.382 e. The molecule has 0 amide bonds. The van der Waals surface area contributed by atoms with Crippen molar-refractivity contribution in [3.05, 3.63) is 138 Å². The highest BCUT2D eigenvalue weighted by molar-refractivity contribution is 7.90. The van der Waals surface area contributed by atoms with E-state index in [1.54, 1.807) is 91.5 Å². The number of hydrogen-bond donors (Lipinski definition) is 2. The average molecular weight is 922 g/mol. The van der Waals surface area contributed by atoms with E-state index in [9.17, 15) is 22.1 Å². The van der Waals surface area contributed by atoms with Gasteiger partial charge in [-0.2, -0.15) is 5.26 Å². The van der Waals surface area contributed by atoms with E-state index < -0.39 is 20.0 Å². The minimum atomic E-state index is -3.82. The van der Waals surface area contributed by atoms with E-state index in [1.807, 2.05) is 40.8 Å². The van der Waals surface area contributed by atoms with E-state index in [0.29, 0.717) is 51.0 Å². The molecule has 11 rings (SSSR count). The molecular weight excluding hydrogens is 875 g/mol. The number of hydrogen-bond acceptors (Lipinski definition) is 13. The quantitative estimate of drug-likeness (QED) is 0.157. The fraction of sp³-hybridized carbons (Fsp3) is 0.298. The van der Waals surface area contributed by atoms with Crippen LogP contribution in [-0.2, 0) is 20.0 Å². The Bertz CT molecular complexity index is 3570. The first-order valence-corrected chi connectivity index (χ1v) is 24.7. The first-order valence-electron chi connectivity index (χ1n) is 21.8. The number of nitriles is 1. The van der Waals surface area contributed by atoms with E-state index >= 15 is 0 Å². The first kappa shape index (κ1) is 42.9. The van der Waals surface area contributed by atoms with Gasteiger partial charge in [0.25, 0.3) is 20.0 Å². The molecule has 2 aliphatic rings. The number of rotatable bonds is 8. The minimum absolute atomic E-state index is 0.120. The van der Waals surface area contributed by atoms with Gasteiger partial charge in [0.1, 0.15) is 11.6 Å². The highest BCUT2D eigenvalue weighted by Crippen LogP contribution is 2.41. The van der Waals surface area contributed by atoms with Gasteiger partial charge in [0.2, 0.25) is 0 Å². The molecule has 2 fully saturated rings. The van der Waals surface area contributed by atoms with Crippen LogP contribution < -0.4 is 11.1 Å². The maximum absolute atomic E-state index is 13.4. The summed E-state index contributed by atoms with van der Waals surface area (Å²) in [5, 5.41) is 30.3. The Kier molecular flexibility index (Phi) is 10.7. The summed E-state index contributed by atoms with van der Waals surface area (Å²) in [5.74, 6) is 2.63. The van der Waals surface area contributed by atoms with Gasteiger partial charge in [0, 0.05) is 42.0 Å². The predicted molar refractivity (Wildman–Crippen MR) is 249 cm³/mol. The summed E-state index contributed by atoms with van der Waals surface area (Å²) in [4.78, 5) is 9.27. The molecule has 0 bridgehead atoms. The zero-order valence-corrected chi connectivity index (χ0v) is 38.3. The van der Waals surface area contributed by atoms with E-state index in [4.69, 9.17) is 5.73 Å². The number of benzene rings is 3. The number of nitrogens with two attached hydrogens (primary N) is 1. The molecule has 19 heteroatoms. The number of nitrogens with one attached hydrogen (secondary N) is 1. The Balaban J connectivity index is 0.000000160. The van der Waals surface area contributed by atoms with Crippen molar-refractivity contribution in [2.45, 2.75) is 87.1 Å².